The van der Waals surface area contributed by atoms with Crippen LogP contribution in [-0.2, 0) is 16.1 Å². The average Bonchev–Trinajstić information content (AvgIpc) is 3.44. The van der Waals surface area contributed by atoms with Crippen molar-refractivity contribution in [1.82, 2.24) is 4.57 Å². The van der Waals surface area contributed by atoms with Crippen LogP contribution in [0.3, 0.4) is 0 Å². The number of aromatic nitrogens is 1. The van der Waals surface area contributed by atoms with Gasteiger partial charge in [0.05, 0.1) is 28.5 Å². The van der Waals surface area contributed by atoms with E-state index in [0.29, 0.717) is 33.0 Å². The lowest BCUT2D eigenvalue weighted by atomic mass is 9.93. The SMILES string of the molecule is CCOC(=O)C1=C(c2ccccc2)N=c2s/c(=C/c3ccccc3OCc3cccc4ccccc34)c(=O)n2[C@H]1c1ccc(SC)cc1. The number of carbonyl (C=O) groups excluding carboxylic acids is 1. The van der Waals surface area contributed by atoms with E-state index in [1.807, 2.05) is 109 Å². The summed E-state index contributed by atoms with van der Waals surface area (Å²) in [5, 5.41) is 2.30. The van der Waals surface area contributed by atoms with Crippen molar-refractivity contribution in [2.75, 3.05) is 12.9 Å². The van der Waals surface area contributed by atoms with E-state index >= 15 is 0 Å². The van der Waals surface area contributed by atoms with E-state index in [-0.39, 0.29) is 12.2 Å². The number of ether oxygens (including phenoxy) is 2. The van der Waals surface area contributed by atoms with Crippen molar-refractivity contribution in [3.63, 3.8) is 0 Å². The number of nitrogens with zero attached hydrogens (tertiary/aromatic N) is 2. The van der Waals surface area contributed by atoms with Crippen LogP contribution in [0.25, 0.3) is 22.5 Å². The zero-order chi connectivity index (χ0) is 33.0. The molecule has 2 heterocycles. The lowest BCUT2D eigenvalue weighted by Crippen LogP contribution is -2.40. The standard InChI is InChI=1S/C40H32N2O4S2/c1-3-45-39(44)35-36(27-13-5-4-6-14-27)41-40-42(37(35)28-20-22-31(47-2)23-21-28)38(43)34(48-40)24-29-15-8-10-19-33(29)46-25-30-17-11-16-26-12-7-9-18-32(26)30/h4-24,37H,3,25H2,1-2H3/b34-24+/t37-/m0/s1. The van der Waals surface area contributed by atoms with Crippen LogP contribution in [0.15, 0.2) is 142 Å². The Balaban J connectivity index is 1.36. The number of para-hydroxylation sites is 1. The minimum atomic E-state index is -0.730. The first kappa shape index (κ1) is 31.4. The fourth-order valence-corrected chi connectivity index (χ4v) is 7.39. The van der Waals surface area contributed by atoms with Gasteiger partial charge in [-0.25, -0.2) is 9.79 Å². The monoisotopic (exact) mass is 668 g/mol. The summed E-state index contributed by atoms with van der Waals surface area (Å²) in [5.41, 5.74) is 4.01. The fraction of sp³-hybridized carbons (Fsp3) is 0.125. The zero-order valence-corrected chi connectivity index (χ0v) is 28.1. The van der Waals surface area contributed by atoms with Gasteiger partial charge in [0.2, 0.25) is 0 Å². The van der Waals surface area contributed by atoms with E-state index < -0.39 is 12.0 Å². The number of thiazole rings is 1. The predicted octanol–water partition coefficient (Wildman–Crippen LogP) is 7.39. The first-order chi connectivity index (χ1) is 23.6. The molecule has 0 saturated heterocycles. The van der Waals surface area contributed by atoms with Crippen molar-refractivity contribution in [2.24, 2.45) is 4.99 Å². The Labute approximate surface area is 286 Å². The molecule has 7 rings (SSSR count). The van der Waals surface area contributed by atoms with E-state index in [9.17, 15) is 9.59 Å². The molecule has 0 amide bonds. The maximum absolute atomic E-state index is 14.4. The largest absolute Gasteiger partial charge is 0.488 e. The molecule has 0 spiro atoms. The van der Waals surface area contributed by atoms with E-state index in [4.69, 9.17) is 14.5 Å². The minimum Gasteiger partial charge on any atom is -0.488 e. The summed E-state index contributed by atoms with van der Waals surface area (Å²) in [6.45, 7) is 2.35. The molecule has 1 aliphatic heterocycles. The number of benzene rings is 5. The summed E-state index contributed by atoms with van der Waals surface area (Å²) in [7, 11) is 0. The number of carbonyl (C=O) groups is 1. The molecule has 0 bridgehead atoms. The number of fused-ring (bicyclic) bond motifs is 2. The van der Waals surface area contributed by atoms with E-state index in [1.165, 1.54) is 11.3 Å². The predicted molar refractivity (Wildman–Crippen MR) is 194 cm³/mol. The van der Waals surface area contributed by atoms with Crippen LogP contribution in [0.1, 0.15) is 35.2 Å². The third-order valence-corrected chi connectivity index (χ3v) is 10.0. The number of rotatable bonds is 9. The van der Waals surface area contributed by atoms with E-state index in [0.717, 1.165) is 37.9 Å². The summed E-state index contributed by atoms with van der Waals surface area (Å²) in [5.74, 6) is 0.165. The maximum Gasteiger partial charge on any atom is 0.338 e. The number of esters is 1. The van der Waals surface area contributed by atoms with E-state index in [2.05, 4.69) is 24.3 Å². The highest BCUT2D eigenvalue weighted by atomic mass is 32.2. The molecule has 6 nitrogen and oxygen atoms in total. The molecule has 6 aromatic rings. The first-order valence-electron chi connectivity index (χ1n) is 15.7. The molecular weight excluding hydrogens is 637 g/mol. The summed E-state index contributed by atoms with van der Waals surface area (Å²) in [6, 6.07) is 38.9. The van der Waals surface area contributed by atoms with Crippen molar-refractivity contribution in [2.45, 2.75) is 24.5 Å². The maximum atomic E-state index is 14.4. The van der Waals surface area contributed by atoms with Gasteiger partial charge in [-0.3, -0.25) is 9.36 Å². The highest BCUT2D eigenvalue weighted by molar-refractivity contribution is 7.98. The average molecular weight is 669 g/mol. The second-order valence-corrected chi connectivity index (χ2v) is 13.1. The molecule has 5 aromatic carbocycles. The topological polar surface area (TPSA) is 69.9 Å². The second-order valence-electron chi connectivity index (χ2n) is 11.2. The van der Waals surface area contributed by atoms with Crippen molar-refractivity contribution >= 4 is 51.6 Å². The van der Waals surface area contributed by atoms with Crippen molar-refractivity contribution < 1.29 is 14.3 Å². The van der Waals surface area contributed by atoms with Crippen LogP contribution in [0.2, 0.25) is 0 Å². The van der Waals surface area contributed by atoms with Gasteiger partial charge in [0.1, 0.15) is 12.4 Å². The molecule has 48 heavy (non-hydrogen) atoms. The highest BCUT2D eigenvalue weighted by Gasteiger charge is 2.35. The van der Waals surface area contributed by atoms with Crippen LogP contribution in [0.5, 0.6) is 5.75 Å². The quantitative estimate of drug-likeness (QED) is 0.119. The smallest absolute Gasteiger partial charge is 0.338 e. The van der Waals surface area contributed by atoms with Crippen LogP contribution >= 0.6 is 23.1 Å². The van der Waals surface area contributed by atoms with Gasteiger partial charge in [-0.2, -0.15) is 0 Å². The second kappa shape index (κ2) is 13.9. The summed E-state index contributed by atoms with van der Waals surface area (Å²) < 4.78 is 14.1. The number of hydrogen-bond acceptors (Lipinski definition) is 7. The van der Waals surface area contributed by atoms with E-state index in [1.54, 1.807) is 23.3 Å². The number of thioether (sulfide) groups is 1. The Morgan fingerprint density at radius 2 is 1.62 bits per heavy atom. The van der Waals surface area contributed by atoms with Gasteiger partial charge in [-0.05, 0) is 59.4 Å². The van der Waals surface area contributed by atoms with Gasteiger partial charge in [0, 0.05) is 16.0 Å². The molecule has 0 unspecified atom stereocenters. The van der Waals surface area contributed by atoms with Crippen LogP contribution in [0, 0.1) is 0 Å². The molecular formula is C40H32N2O4S2. The summed E-state index contributed by atoms with van der Waals surface area (Å²) >= 11 is 2.93. The molecule has 238 valence electrons. The minimum absolute atomic E-state index is 0.197. The Kier molecular flexibility index (Phi) is 9.09. The Morgan fingerprint density at radius 3 is 2.42 bits per heavy atom. The molecule has 1 aromatic heterocycles. The Hall–Kier alpha value is -5.18. The number of hydrogen-bond donors (Lipinski definition) is 0. The van der Waals surface area contributed by atoms with Crippen molar-refractivity contribution in [3.05, 3.63) is 169 Å². The fourth-order valence-electron chi connectivity index (χ4n) is 5.99. The zero-order valence-electron chi connectivity index (χ0n) is 26.5. The molecule has 0 aliphatic carbocycles. The molecule has 8 heteroatoms. The summed E-state index contributed by atoms with van der Waals surface area (Å²) in [4.78, 5) is 34.7. The van der Waals surface area contributed by atoms with Gasteiger partial charge in [0.25, 0.3) is 5.56 Å². The molecule has 1 atom stereocenters. The van der Waals surface area contributed by atoms with Gasteiger partial charge in [-0.15, -0.1) is 11.8 Å². The Morgan fingerprint density at radius 1 is 0.896 bits per heavy atom. The normalized spacial score (nSPS) is 14.5. The third kappa shape index (κ3) is 6.12. The molecule has 0 N–H and O–H groups in total. The molecule has 0 radical (unpaired) electrons. The van der Waals surface area contributed by atoms with Gasteiger partial charge >= 0.3 is 5.97 Å². The lowest BCUT2D eigenvalue weighted by Gasteiger charge is -2.26. The van der Waals surface area contributed by atoms with Crippen LogP contribution in [-0.4, -0.2) is 23.4 Å². The van der Waals surface area contributed by atoms with Gasteiger partial charge in [0.15, 0.2) is 4.80 Å². The first-order valence-corrected chi connectivity index (χ1v) is 17.7. The third-order valence-electron chi connectivity index (χ3n) is 8.27. The van der Waals surface area contributed by atoms with Gasteiger partial charge < -0.3 is 9.47 Å². The molecule has 0 saturated carbocycles. The summed E-state index contributed by atoms with van der Waals surface area (Å²) in [6.07, 6.45) is 3.87. The molecule has 0 fully saturated rings. The van der Waals surface area contributed by atoms with Crippen LogP contribution < -0.4 is 19.6 Å². The van der Waals surface area contributed by atoms with Crippen molar-refractivity contribution in [1.29, 1.82) is 0 Å². The van der Waals surface area contributed by atoms with Crippen LogP contribution in [0.4, 0.5) is 0 Å². The molecule has 1 aliphatic rings. The Bertz CT molecular complexity index is 2340. The highest BCUT2D eigenvalue weighted by Crippen LogP contribution is 2.36. The van der Waals surface area contributed by atoms with Gasteiger partial charge in [-0.1, -0.05) is 114 Å². The van der Waals surface area contributed by atoms with Crippen molar-refractivity contribution in [3.8, 4) is 5.75 Å². The lowest BCUT2D eigenvalue weighted by molar-refractivity contribution is -0.138.